The van der Waals surface area contributed by atoms with Crippen molar-refractivity contribution in [1.29, 1.82) is 0 Å². The number of nitrogens with zero attached hydrogens (tertiary/aromatic N) is 3. The van der Waals surface area contributed by atoms with Crippen molar-refractivity contribution in [3.05, 3.63) is 83.4 Å². The van der Waals surface area contributed by atoms with Crippen LogP contribution in [-0.2, 0) is 26.1 Å². The van der Waals surface area contributed by atoms with Crippen molar-refractivity contribution >= 4 is 23.8 Å². The number of benzene rings is 2. The number of esters is 2. The number of nitrogens with one attached hydrogen (secondary N) is 1. The predicted molar refractivity (Wildman–Crippen MR) is 162 cm³/mol. The van der Waals surface area contributed by atoms with Gasteiger partial charge < -0.3 is 29.0 Å². The second kappa shape index (κ2) is 13.1. The molecule has 1 N–H and O–H groups in total. The number of imidazole rings is 1. The van der Waals surface area contributed by atoms with E-state index in [1.54, 1.807) is 46.3 Å². The lowest BCUT2D eigenvalue weighted by Gasteiger charge is -2.33. The Bertz CT molecular complexity index is 1550. The maximum absolute atomic E-state index is 13.0. The van der Waals surface area contributed by atoms with Gasteiger partial charge in [-0.1, -0.05) is 24.3 Å². The molecule has 0 bridgehead atoms. The lowest BCUT2D eigenvalue weighted by atomic mass is 10.00. The van der Waals surface area contributed by atoms with Gasteiger partial charge in [-0.15, -0.1) is 0 Å². The first kappa shape index (κ1) is 30.4. The van der Waals surface area contributed by atoms with Crippen LogP contribution in [0.15, 0.2) is 61.1 Å². The molecule has 3 fully saturated rings. The summed E-state index contributed by atoms with van der Waals surface area (Å²) < 4.78 is 18.9. The maximum atomic E-state index is 13.0. The molecule has 3 heterocycles. The first-order valence-corrected chi connectivity index (χ1v) is 15.5. The van der Waals surface area contributed by atoms with Crippen LogP contribution in [0.1, 0.15) is 83.0 Å². The fourth-order valence-corrected chi connectivity index (χ4v) is 5.92. The summed E-state index contributed by atoms with van der Waals surface area (Å²) in [6.45, 7) is 2.85. The van der Waals surface area contributed by atoms with E-state index in [9.17, 15) is 19.2 Å². The lowest BCUT2D eigenvalue weighted by Crippen LogP contribution is -2.46. The molecular formula is C34H38N4O7. The van der Waals surface area contributed by atoms with Gasteiger partial charge in [-0.25, -0.2) is 9.78 Å². The second-order valence-electron chi connectivity index (χ2n) is 12.2. The zero-order chi connectivity index (χ0) is 31.5. The third-order valence-corrected chi connectivity index (χ3v) is 8.59. The number of amides is 2. The smallest absolute Gasteiger partial charge is 0.338 e. The van der Waals surface area contributed by atoms with E-state index in [-0.39, 0.29) is 30.8 Å². The van der Waals surface area contributed by atoms with Crippen molar-refractivity contribution in [3.8, 4) is 5.75 Å². The van der Waals surface area contributed by atoms with E-state index in [1.807, 2.05) is 26.1 Å². The van der Waals surface area contributed by atoms with Crippen LogP contribution in [0.3, 0.4) is 0 Å². The summed E-state index contributed by atoms with van der Waals surface area (Å²) in [5.41, 5.74) is 2.91. The summed E-state index contributed by atoms with van der Waals surface area (Å²) in [7, 11) is 1.81. The van der Waals surface area contributed by atoms with E-state index >= 15 is 0 Å². The molecule has 1 aromatic heterocycles. The number of carbonyl (C=O) groups is 4. The summed E-state index contributed by atoms with van der Waals surface area (Å²) in [6.07, 6.45) is 6.17. The molecule has 6 rings (SSSR count). The molecule has 2 aromatic carbocycles. The minimum absolute atomic E-state index is 0.0935. The Kier molecular flexibility index (Phi) is 8.86. The molecule has 2 saturated heterocycles. The third-order valence-electron chi connectivity index (χ3n) is 8.59. The van der Waals surface area contributed by atoms with Crippen LogP contribution in [0.5, 0.6) is 5.75 Å². The molecule has 3 aromatic rings. The Morgan fingerprint density at radius 3 is 2.44 bits per heavy atom. The Balaban J connectivity index is 1.10. The van der Waals surface area contributed by atoms with Crippen LogP contribution in [0.4, 0.5) is 0 Å². The normalized spacial score (nSPS) is 21.0. The number of hydrogen-bond donors (Lipinski definition) is 1. The highest BCUT2D eigenvalue weighted by molar-refractivity contribution is 5.92. The van der Waals surface area contributed by atoms with Crippen LogP contribution in [0.2, 0.25) is 0 Å². The van der Waals surface area contributed by atoms with Crippen LogP contribution >= 0.6 is 0 Å². The summed E-state index contributed by atoms with van der Waals surface area (Å²) in [6, 6.07) is 14.7. The van der Waals surface area contributed by atoms with Crippen molar-refractivity contribution in [2.75, 3.05) is 19.7 Å². The van der Waals surface area contributed by atoms with Crippen LogP contribution < -0.4 is 10.1 Å². The Morgan fingerprint density at radius 2 is 1.80 bits per heavy atom. The van der Waals surface area contributed by atoms with E-state index in [0.29, 0.717) is 48.9 Å². The lowest BCUT2D eigenvalue weighted by molar-refractivity contribution is -0.139. The number of hydrogen-bond acceptors (Lipinski definition) is 8. The van der Waals surface area contributed by atoms with Gasteiger partial charge in [0.25, 0.3) is 5.91 Å². The van der Waals surface area contributed by atoms with Gasteiger partial charge in [0.1, 0.15) is 30.3 Å². The molecule has 2 amide bonds. The molecule has 11 heteroatoms. The molecule has 2 aliphatic heterocycles. The minimum Gasteiger partial charge on any atom is -0.484 e. The fraction of sp³-hybridized carbons (Fsp3) is 0.441. The number of cyclic esters (lactones) is 1. The van der Waals surface area contributed by atoms with Crippen LogP contribution in [0, 0.1) is 5.92 Å². The van der Waals surface area contributed by atoms with Crippen molar-refractivity contribution in [2.45, 2.75) is 63.2 Å². The topological polar surface area (TPSA) is 129 Å². The molecule has 11 nitrogen and oxygen atoms in total. The average Bonchev–Trinajstić information content (AvgIpc) is 3.66. The number of ether oxygens (including phenoxy) is 3. The van der Waals surface area contributed by atoms with Gasteiger partial charge in [-0.2, -0.15) is 0 Å². The SMILES string of the molecule is C[C@H](NC(=O)c1cn(C)cn1)[C@H](Oc1ccc(C(=O)O[C@H]2CCCN(C(=O)[C@H]3COC(=O)C3)C2)cc1)c1ccc(C2CC2)cc1. The molecule has 45 heavy (non-hydrogen) atoms. The van der Waals surface area contributed by atoms with Crippen LogP contribution in [-0.4, -0.2) is 70.0 Å². The van der Waals surface area contributed by atoms with E-state index < -0.39 is 30.1 Å². The summed E-state index contributed by atoms with van der Waals surface area (Å²) in [4.78, 5) is 56.0. The Labute approximate surface area is 261 Å². The molecule has 236 valence electrons. The molecule has 0 radical (unpaired) electrons. The van der Waals surface area contributed by atoms with Crippen molar-refractivity contribution in [3.63, 3.8) is 0 Å². The summed E-state index contributed by atoms with van der Waals surface area (Å²) >= 11 is 0. The monoisotopic (exact) mass is 614 g/mol. The number of piperidine rings is 1. The highest BCUT2D eigenvalue weighted by atomic mass is 16.5. The highest BCUT2D eigenvalue weighted by Crippen LogP contribution is 2.40. The number of aryl methyl sites for hydroxylation is 1. The molecule has 0 spiro atoms. The fourth-order valence-electron chi connectivity index (χ4n) is 5.92. The standard InChI is InChI=1S/C34H38N4O7/c1-21(36-32(40)29-18-37(2)20-35-29)31(24-9-7-23(8-10-24)22-5-6-22)44-27-13-11-25(12-14-27)34(42)45-28-4-3-15-38(17-28)33(41)26-16-30(39)43-19-26/h7-14,18,20-22,26,28,31H,3-6,15-17,19H2,1-2H3,(H,36,40)/t21-,26+,28-,31-/m0/s1. The Morgan fingerprint density at radius 1 is 1.04 bits per heavy atom. The van der Waals surface area contributed by atoms with Gasteiger partial charge in [0, 0.05) is 19.8 Å². The van der Waals surface area contributed by atoms with Gasteiger partial charge >= 0.3 is 11.9 Å². The predicted octanol–water partition coefficient (Wildman–Crippen LogP) is 3.95. The van der Waals surface area contributed by atoms with Crippen molar-refractivity contribution in [1.82, 2.24) is 19.8 Å². The number of rotatable bonds is 10. The molecule has 0 unspecified atom stereocenters. The quantitative estimate of drug-likeness (QED) is 0.340. The van der Waals surface area contributed by atoms with Gasteiger partial charge in [0.2, 0.25) is 5.91 Å². The van der Waals surface area contributed by atoms with Crippen LogP contribution in [0.25, 0.3) is 0 Å². The molecule has 3 aliphatic rings. The highest BCUT2D eigenvalue weighted by Gasteiger charge is 2.36. The van der Waals surface area contributed by atoms with Crippen molar-refractivity contribution in [2.24, 2.45) is 13.0 Å². The first-order chi connectivity index (χ1) is 21.7. The zero-order valence-electron chi connectivity index (χ0n) is 25.5. The number of carbonyl (C=O) groups excluding carboxylic acids is 4. The summed E-state index contributed by atoms with van der Waals surface area (Å²) in [5, 5.41) is 3.02. The molecule has 1 saturated carbocycles. The first-order valence-electron chi connectivity index (χ1n) is 15.5. The number of likely N-dealkylation sites (tertiary alicyclic amines) is 1. The zero-order valence-corrected chi connectivity index (χ0v) is 25.5. The average molecular weight is 615 g/mol. The minimum atomic E-state index is -0.505. The molecule has 1 aliphatic carbocycles. The van der Waals surface area contributed by atoms with Gasteiger partial charge in [-0.05, 0) is 73.9 Å². The van der Waals surface area contributed by atoms with Gasteiger partial charge in [-0.3, -0.25) is 14.4 Å². The maximum Gasteiger partial charge on any atom is 0.338 e. The molecule has 4 atom stereocenters. The van der Waals surface area contributed by atoms with E-state index in [0.717, 1.165) is 5.56 Å². The molecular weight excluding hydrogens is 576 g/mol. The second-order valence-corrected chi connectivity index (χ2v) is 12.2. The van der Waals surface area contributed by atoms with Crippen molar-refractivity contribution < 1.29 is 33.4 Å². The van der Waals surface area contributed by atoms with E-state index in [2.05, 4.69) is 22.4 Å². The van der Waals surface area contributed by atoms with Gasteiger partial charge in [0.05, 0.1) is 36.8 Å². The summed E-state index contributed by atoms with van der Waals surface area (Å²) in [5.74, 6) is -0.583. The third kappa shape index (κ3) is 7.35. The van der Waals surface area contributed by atoms with Gasteiger partial charge in [0.15, 0.2) is 0 Å². The largest absolute Gasteiger partial charge is 0.484 e. The Hall–Kier alpha value is -4.67. The van der Waals surface area contributed by atoms with E-state index in [4.69, 9.17) is 14.2 Å². The number of aromatic nitrogens is 2. The van der Waals surface area contributed by atoms with E-state index in [1.165, 1.54) is 18.4 Å².